The maximum absolute atomic E-state index is 13.6. The van der Waals surface area contributed by atoms with Crippen molar-refractivity contribution < 1.29 is 18.7 Å². The van der Waals surface area contributed by atoms with E-state index in [2.05, 4.69) is 15.6 Å². The number of halogens is 2. The minimum Gasteiger partial charge on any atom is -0.444 e. The van der Waals surface area contributed by atoms with Crippen molar-refractivity contribution in [1.82, 2.24) is 16.0 Å². The van der Waals surface area contributed by atoms with E-state index < -0.39 is 29.8 Å². The summed E-state index contributed by atoms with van der Waals surface area (Å²) in [7, 11) is 0. The lowest BCUT2D eigenvalue weighted by Gasteiger charge is -2.22. The molecule has 0 aliphatic heterocycles. The molecule has 1 heterocycles. The molecule has 0 saturated heterocycles. The Kier molecular flexibility index (Phi) is 7.38. The zero-order valence-corrected chi connectivity index (χ0v) is 17.4. The smallest absolute Gasteiger partial charge is 0.413 e. The van der Waals surface area contributed by atoms with Crippen LogP contribution in [-0.2, 0) is 16.1 Å². The number of nitrogens with zero attached hydrogens (tertiary/aromatic N) is 1. The minimum atomic E-state index is -0.919. The van der Waals surface area contributed by atoms with Gasteiger partial charge in [-0.1, -0.05) is 48.0 Å². The van der Waals surface area contributed by atoms with Gasteiger partial charge in [0, 0.05) is 24.7 Å². The zero-order chi connectivity index (χ0) is 22.4. The summed E-state index contributed by atoms with van der Waals surface area (Å²) in [5.74, 6) is -1.98. The fraction of sp³-hybridized carbons (Fsp3) is 0.227. The summed E-state index contributed by atoms with van der Waals surface area (Å²) in [4.78, 5) is 28.1. The topological polar surface area (TPSA) is 104 Å². The number of aromatic nitrogens is 1. The first-order valence-electron chi connectivity index (χ1n) is 9.56. The Bertz CT molecular complexity index is 1100. The van der Waals surface area contributed by atoms with Gasteiger partial charge >= 0.3 is 6.09 Å². The maximum Gasteiger partial charge on any atom is 0.413 e. The normalized spacial score (nSPS) is 12.9. The van der Waals surface area contributed by atoms with Gasteiger partial charge in [-0.3, -0.25) is 15.8 Å². The molecule has 2 unspecified atom stereocenters. The molecule has 1 aromatic heterocycles. The number of ether oxygens (including phenoxy) is 1. The van der Waals surface area contributed by atoms with E-state index in [9.17, 15) is 14.0 Å². The Morgan fingerprint density at radius 1 is 1.19 bits per heavy atom. The molecule has 0 saturated carbocycles. The monoisotopic (exact) mass is 443 g/mol. The number of fused-ring (bicyclic) bond motifs is 1. The Labute approximate surface area is 183 Å². The average Bonchev–Trinajstić information content (AvgIpc) is 2.75. The molecule has 0 fully saturated rings. The molecule has 7 nitrogen and oxygen atoms in total. The lowest BCUT2D eigenvalue weighted by atomic mass is 10.0. The summed E-state index contributed by atoms with van der Waals surface area (Å²) in [6.45, 7) is 1.76. The summed E-state index contributed by atoms with van der Waals surface area (Å²) in [6, 6.07) is 13.7. The van der Waals surface area contributed by atoms with Gasteiger partial charge in [-0.25, -0.2) is 14.2 Å². The van der Waals surface area contributed by atoms with E-state index in [1.807, 2.05) is 24.3 Å². The van der Waals surface area contributed by atoms with Crippen LogP contribution in [0.4, 0.5) is 15.0 Å². The summed E-state index contributed by atoms with van der Waals surface area (Å²) in [6.07, 6.45) is -0.0906. The van der Waals surface area contributed by atoms with Gasteiger partial charge in [-0.15, -0.1) is 0 Å². The van der Waals surface area contributed by atoms with E-state index in [1.165, 1.54) is 19.1 Å². The Morgan fingerprint density at radius 2 is 1.94 bits per heavy atom. The molecule has 0 bridgehead atoms. The van der Waals surface area contributed by atoms with Crippen LogP contribution in [0.25, 0.3) is 10.8 Å². The van der Waals surface area contributed by atoms with Gasteiger partial charge in [0.05, 0.1) is 10.9 Å². The predicted molar refractivity (Wildman–Crippen MR) is 116 cm³/mol. The number of pyridine rings is 1. The van der Waals surface area contributed by atoms with Crippen LogP contribution < -0.4 is 16.4 Å². The molecular formula is C22H21ClFN4O3. The number of benzene rings is 2. The number of rotatable bonds is 8. The van der Waals surface area contributed by atoms with Crippen molar-refractivity contribution >= 4 is 40.2 Å². The minimum absolute atomic E-state index is 0.00259. The van der Waals surface area contributed by atoms with Crippen LogP contribution in [-0.4, -0.2) is 29.6 Å². The fourth-order valence-electron chi connectivity index (χ4n) is 2.95. The second kappa shape index (κ2) is 10.2. The van der Waals surface area contributed by atoms with Gasteiger partial charge in [0.15, 0.2) is 0 Å². The molecular weight excluding hydrogens is 423 g/mol. The van der Waals surface area contributed by atoms with Crippen molar-refractivity contribution in [2.45, 2.75) is 19.6 Å². The fourth-order valence-corrected chi connectivity index (χ4v) is 3.14. The van der Waals surface area contributed by atoms with Gasteiger partial charge in [0.1, 0.15) is 17.7 Å². The molecule has 9 heteroatoms. The average molecular weight is 444 g/mol. The number of amides is 2. The molecule has 3 N–H and O–H groups in total. The highest BCUT2D eigenvalue weighted by Crippen LogP contribution is 2.20. The largest absolute Gasteiger partial charge is 0.444 e. The van der Waals surface area contributed by atoms with Crippen molar-refractivity contribution in [2.75, 3.05) is 11.9 Å². The highest BCUT2D eigenvalue weighted by atomic mass is 35.5. The third-order valence-corrected chi connectivity index (χ3v) is 5.21. The molecule has 3 aromatic rings. The number of nitrogens with one attached hydrogen (secondary N) is 3. The van der Waals surface area contributed by atoms with Gasteiger partial charge in [-0.2, -0.15) is 0 Å². The molecule has 0 spiro atoms. The third kappa shape index (κ3) is 5.90. The number of carbonyl (C=O) groups excluding carboxylic acids is 2. The summed E-state index contributed by atoms with van der Waals surface area (Å²) in [5.41, 5.74) is 7.89. The lowest BCUT2D eigenvalue weighted by Crippen LogP contribution is -2.40. The second-order valence-corrected chi connectivity index (χ2v) is 7.36. The molecule has 31 heavy (non-hydrogen) atoms. The Balaban J connectivity index is 1.63. The first-order valence-corrected chi connectivity index (χ1v) is 9.94. The number of hydrogen-bond acceptors (Lipinski definition) is 5. The van der Waals surface area contributed by atoms with E-state index in [-0.39, 0.29) is 18.1 Å². The third-order valence-electron chi connectivity index (χ3n) is 4.78. The molecule has 0 aliphatic rings. The number of anilines is 1. The van der Waals surface area contributed by atoms with E-state index in [0.717, 1.165) is 10.8 Å². The first kappa shape index (κ1) is 22.5. The van der Waals surface area contributed by atoms with E-state index in [1.54, 1.807) is 18.3 Å². The SMILES string of the molecule is CC(C([NH])=O)C(CNCc1cccc(F)c1Cl)OC(=O)Nc1cc2ccccc2cn1. The molecule has 1 radical (unpaired) electrons. The highest BCUT2D eigenvalue weighted by molar-refractivity contribution is 6.31. The maximum atomic E-state index is 13.6. The molecule has 2 aromatic carbocycles. The van der Waals surface area contributed by atoms with E-state index in [0.29, 0.717) is 11.4 Å². The van der Waals surface area contributed by atoms with Crippen molar-refractivity contribution in [2.24, 2.45) is 5.92 Å². The summed E-state index contributed by atoms with van der Waals surface area (Å²) < 4.78 is 18.9. The van der Waals surface area contributed by atoms with Gasteiger partial charge in [0.25, 0.3) is 0 Å². The predicted octanol–water partition coefficient (Wildman–Crippen LogP) is 4.18. The van der Waals surface area contributed by atoms with Crippen LogP contribution in [0.5, 0.6) is 0 Å². The van der Waals surface area contributed by atoms with Crippen LogP contribution in [0.3, 0.4) is 0 Å². The number of hydrogen-bond donors (Lipinski definition) is 2. The van der Waals surface area contributed by atoms with E-state index in [4.69, 9.17) is 22.1 Å². The van der Waals surface area contributed by atoms with Gasteiger partial charge < -0.3 is 10.1 Å². The number of carbonyl (C=O) groups is 2. The molecule has 2 atom stereocenters. The van der Waals surface area contributed by atoms with Crippen LogP contribution in [0.1, 0.15) is 12.5 Å². The van der Waals surface area contributed by atoms with Gasteiger partial charge in [-0.05, 0) is 30.0 Å². The lowest BCUT2D eigenvalue weighted by molar-refractivity contribution is -0.125. The van der Waals surface area contributed by atoms with E-state index >= 15 is 0 Å². The Hall–Kier alpha value is -3.23. The molecule has 2 amide bonds. The standard InChI is InChI=1S/C22H21ClFN4O3/c1-13(21(25)29)18(12-26-10-16-7-4-8-17(24)20(16)23)31-22(30)28-19-9-14-5-2-3-6-15(14)11-27-19/h2-9,11,13,18,25-26H,10,12H2,1H3,(H,27,28,30). The van der Waals surface area contributed by atoms with Crippen LogP contribution in [0.15, 0.2) is 54.7 Å². The zero-order valence-electron chi connectivity index (χ0n) is 16.7. The Morgan fingerprint density at radius 3 is 2.68 bits per heavy atom. The molecule has 0 aliphatic carbocycles. The highest BCUT2D eigenvalue weighted by Gasteiger charge is 2.26. The van der Waals surface area contributed by atoms with Crippen LogP contribution in [0, 0.1) is 11.7 Å². The van der Waals surface area contributed by atoms with Gasteiger partial charge in [0.2, 0.25) is 5.91 Å². The first-order chi connectivity index (χ1) is 14.8. The van der Waals surface area contributed by atoms with Crippen molar-refractivity contribution in [3.63, 3.8) is 0 Å². The summed E-state index contributed by atoms with van der Waals surface area (Å²) in [5, 5.41) is 7.35. The van der Waals surface area contributed by atoms with Crippen LogP contribution in [0.2, 0.25) is 5.02 Å². The quantitative estimate of drug-likeness (QED) is 0.543. The second-order valence-electron chi connectivity index (χ2n) is 6.98. The summed E-state index contributed by atoms with van der Waals surface area (Å²) >= 11 is 5.94. The van der Waals surface area contributed by atoms with Crippen molar-refractivity contribution in [3.8, 4) is 0 Å². The van der Waals surface area contributed by atoms with Crippen LogP contribution >= 0.6 is 11.6 Å². The van der Waals surface area contributed by atoms with Crippen molar-refractivity contribution in [1.29, 1.82) is 0 Å². The van der Waals surface area contributed by atoms with Crippen molar-refractivity contribution in [3.05, 3.63) is 71.1 Å². The molecule has 161 valence electrons. The molecule has 3 rings (SSSR count).